The highest BCUT2D eigenvalue weighted by molar-refractivity contribution is 5.95. The number of hydrogen-bond donors (Lipinski definition) is 4. The van der Waals surface area contributed by atoms with E-state index in [9.17, 15) is 28.3 Å². The van der Waals surface area contributed by atoms with Crippen molar-refractivity contribution in [1.82, 2.24) is 10.6 Å². The molecule has 0 radical (unpaired) electrons. The maximum absolute atomic E-state index is 14.5. The summed E-state index contributed by atoms with van der Waals surface area (Å²) in [5.74, 6) is -6.29. The molecule has 3 atom stereocenters. The fraction of sp³-hybridized carbons (Fsp3) is 0.667. The second-order valence-electron chi connectivity index (χ2n) is 11.2. The van der Waals surface area contributed by atoms with Crippen LogP contribution in [0.5, 0.6) is 0 Å². The number of carbonyl (C=O) groups is 3. The maximum atomic E-state index is 14.5. The summed E-state index contributed by atoms with van der Waals surface area (Å²) in [6, 6.07) is 6.26. The number of alkyl carbamates (subject to hydrolysis) is 1. The number of hydrogen-bond acceptors (Lipinski definition) is 7. The number of ether oxygens (including phenoxy) is 2. The molecule has 218 valence electrons. The average molecular weight is 555 g/mol. The Kier molecular flexibility index (Phi) is 10.2. The molecule has 3 amide bonds. The molecule has 10 nitrogen and oxygen atoms in total. The van der Waals surface area contributed by atoms with Crippen molar-refractivity contribution in [2.45, 2.75) is 70.1 Å². The summed E-state index contributed by atoms with van der Waals surface area (Å²) in [6.07, 6.45) is -0.846. The Morgan fingerprint density at radius 1 is 1.23 bits per heavy atom. The zero-order chi connectivity index (χ0) is 28.8. The Hall–Kier alpha value is -2.83. The first-order valence-electron chi connectivity index (χ1n) is 13.2. The lowest BCUT2D eigenvalue weighted by Crippen LogP contribution is -2.52. The van der Waals surface area contributed by atoms with Gasteiger partial charge in [-0.05, 0) is 42.7 Å². The molecule has 0 spiro atoms. The first-order chi connectivity index (χ1) is 18.3. The SMILES string of the molecule is COC(=O)NC1Cc2ccccc2N(C(=O)CC(C)(C)C[C@H](N)[C@@H](O)CNC(=O)C(F)(F)C2CCOCC2)C1. The topological polar surface area (TPSA) is 143 Å². The molecule has 0 aliphatic carbocycles. The highest BCUT2D eigenvalue weighted by atomic mass is 19.3. The molecule has 2 heterocycles. The van der Waals surface area contributed by atoms with Crippen molar-refractivity contribution in [2.75, 3.05) is 38.3 Å². The normalized spacial score (nSPS) is 20.0. The van der Waals surface area contributed by atoms with Gasteiger partial charge in [0.1, 0.15) is 0 Å². The zero-order valence-corrected chi connectivity index (χ0v) is 22.8. The summed E-state index contributed by atoms with van der Waals surface area (Å²) in [4.78, 5) is 39.0. The van der Waals surface area contributed by atoms with Gasteiger partial charge in [-0.3, -0.25) is 9.59 Å². The summed E-state index contributed by atoms with van der Waals surface area (Å²) in [7, 11) is 1.28. The zero-order valence-electron chi connectivity index (χ0n) is 22.8. The van der Waals surface area contributed by atoms with E-state index in [0.29, 0.717) is 6.42 Å². The number of anilines is 1. The maximum Gasteiger partial charge on any atom is 0.407 e. The van der Waals surface area contributed by atoms with E-state index in [1.54, 1.807) is 4.90 Å². The molecule has 0 aromatic heterocycles. The second-order valence-corrected chi connectivity index (χ2v) is 11.2. The minimum Gasteiger partial charge on any atom is -0.453 e. The minimum atomic E-state index is -3.56. The number of fused-ring (bicyclic) bond motifs is 1. The first kappa shape index (κ1) is 30.7. The molecule has 12 heteroatoms. The number of alkyl halides is 2. The third-order valence-corrected chi connectivity index (χ3v) is 7.38. The fourth-order valence-electron chi connectivity index (χ4n) is 5.22. The highest BCUT2D eigenvalue weighted by Gasteiger charge is 2.47. The van der Waals surface area contributed by atoms with Crippen LogP contribution in [-0.4, -0.2) is 80.5 Å². The Labute approximate surface area is 227 Å². The fourth-order valence-corrected chi connectivity index (χ4v) is 5.22. The van der Waals surface area contributed by atoms with Crippen LogP contribution in [0.4, 0.5) is 19.3 Å². The Bertz CT molecular complexity index is 1020. The van der Waals surface area contributed by atoms with Crippen molar-refractivity contribution in [3.05, 3.63) is 29.8 Å². The van der Waals surface area contributed by atoms with E-state index in [1.807, 2.05) is 38.1 Å². The van der Waals surface area contributed by atoms with Crippen LogP contribution in [0, 0.1) is 11.3 Å². The molecule has 39 heavy (non-hydrogen) atoms. The molecule has 3 rings (SSSR count). The number of methoxy groups -OCH3 is 1. The number of benzene rings is 1. The van der Waals surface area contributed by atoms with Gasteiger partial charge in [-0.2, -0.15) is 8.78 Å². The van der Waals surface area contributed by atoms with Crippen molar-refractivity contribution in [2.24, 2.45) is 17.1 Å². The van der Waals surface area contributed by atoms with Gasteiger partial charge in [0.15, 0.2) is 0 Å². The summed E-state index contributed by atoms with van der Waals surface area (Å²) in [5, 5.41) is 15.4. The summed E-state index contributed by atoms with van der Waals surface area (Å²) < 4.78 is 38.8. The van der Waals surface area contributed by atoms with Gasteiger partial charge in [0.05, 0.1) is 19.3 Å². The van der Waals surface area contributed by atoms with Crippen LogP contribution in [0.3, 0.4) is 0 Å². The number of amides is 3. The first-order valence-corrected chi connectivity index (χ1v) is 13.2. The Balaban J connectivity index is 1.56. The van der Waals surface area contributed by atoms with Crippen molar-refractivity contribution < 1.29 is 37.7 Å². The average Bonchev–Trinajstić information content (AvgIpc) is 2.90. The van der Waals surface area contributed by atoms with E-state index >= 15 is 0 Å². The molecule has 1 aromatic carbocycles. The van der Waals surface area contributed by atoms with Gasteiger partial charge in [0.2, 0.25) is 5.91 Å². The Morgan fingerprint density at radius 2 is 1.90 bits per heavy atom. The summed E-state index contributed by atoms with van der Waals surface area (Å²) in [6.45, 7) is 3.86. The van der Waals surface area contributed by atoms with E-state index in [-0.39, 0.29) is 57.4 Å². The highest BCUT2D eigenvalue weighted by Crippen LogP contribution is 2.34. The molecule has 5 N–H and O–H groups in total. The number of halogens is 2. The van der Waals surface area contributed by atoms with Crippen LogP contribution in [0.2, 0.25) is 0 Å². The van der Waals surface area contributed by atoms with E-state index in [1.165, 1.54) is 7.11 Å². The molecular weight excluding hydrogens is 514 g/mol. The molecule has 1 unspecified atom stereocenters. The molecule has 1 aromatic rings. The quantitative estimate of drug-likeness (QED) is 0.346. The molecule has 1 saturated heterocycles. The number of para-hydroxylation sites is 1. The van der Waals surface area contributed by atoms with Gasteiger partial charge in [-0.15, -0.1) is 0 Å². The molecule has 1 fully saturated rings. The standard InChI is InChI=1S/C27H40F2N4O6/c1-26(2,13-20(30)22(34)15-31-24(36)27(28,29)18-8-10-39-11-9-18)14-23(35)33-16-19(32-25(37)38-3)12-17-6-4-5-7-21(17)33/h4-7,18-20,22,34H,8-16,30H2,1-3H3,(H,31,36)(H,32,37)/t19?,20-,22-/m0/s1. The second kappa shape index (κ2) is 13.0. The third-order valence-electron chi connectivity index (χ3n) is 7.38. The van der Waals surface area contributed by atoms with E-state index < -0.39 is 47.9 Å². The van der Waals surface area contributed by atoms with Crippen LogP contribution in [-0.2, 0) is 25.5 Å². The van der Waals surface area contributed by atoms with Crippen molar-refractivity contribution >= 4 is 23.6 Å². The molecule has 2 aliphatic heterocycles. The number of aliphatic hydroxyl groups excluding tert-OH is 1. The number of nitrogens with zero attached hydrogens (tertiary/aromatic N) is 1. The van der Waals surface area contributed by atoms with Crippen molar-refractivity contribution in [3.8, 4) is 0 Å². The lowest BCUT2D eigenvalue weighted by Gasteiger charge is -2.37. The van der Waals surface area contributed by atoms with Gasteiger partial charge in [-0.25, -0.2) is 4.79 Å². The third kappa shape index (κ3) is 8.09. The number of nitrogens with one attached hydrogen (secondary N) is 2. The van der Waals surface area contributed by atoms with Crippen LogP contribution in [0.25, 0.3) is 0 Å². The number of nitrogens with two attached hydrogens (primary N) is 1. The predicted molar refractivity (Wildman–Crippen MR) is 140 cm³/mol. The van der Waals surface area contributed by atoms with Crippen molar-refractivity contribution in [1.29, 1.82) is 0 Å². The van der Waals surface area contributed by atoms with Gasteiger partial charge >= 0.3 is 12.0 Å². The molecular formula is C27H40F2N4O6. The summed E-state index contributed by atoms with van der Waals surface area (Å²) in [5.41, 5.74) is 7.19. The largest absolute Gasteiger partial charge is 0.453 e. The van der Waals surface area contributed by atoms with Gasteiger partial charge < -0.3 is 35.8 Å². The van der Waals surface area contributed by atoms with Gasteiger partial charge in [0.25, 0.3) is 5.91 Å². The molecule has 0 bridgehead atoms. The molecule has 2 aliphatic rings. The van der Waals surface area contributed by atoms with Crippen LogP contribution in [0.1, 0.15) is 45.1 Å². The van der Waals surface area contributed by atoms with Crippen LogP contribution < -0.4 is 21.3 Å². The Morgan fingerprint density at radius 3 is 2.56 bits per heavy atom. The number of aliphatic hydroxyl groups is 1. The lowest BCUT2D eigenvalue weighted by atomic mass is 9.80. The molecule has 0 saturated carbocycles. The monoisotopic (exact) mass is 554 g/mol. The lowest BCUT2D eigenvalue weighted by molar-refractivity contribution is -0.160. The predicted octanol–water partition coefficient (Wildman–Crippen LogP) is 1.97. The van der Waals surface area contributed by atoms with E-state index in [2.05, 4.69) is 10.6 Å². The number of rotatable bonds is 10. The van der Waals surface area contributed by atoms with Crippen LogP contribution >= 0.6 is 0 Å². The number of carbonyl (C=O) groups excluding carboxylic acids is 3. The summed E-state index contributed by atoms with van der Waals surface area (Å²) >= 11 is 0. The van der Waals surface area contributed by atoms with Gasteiger partial charge in [-0.1, -0.05) is 32.0 Å². The van der Waals surface area contributed by atoms with E-state index in [0.717, 1.165) is 11.3 Å². The minimum absolute atomic E-state index is 0.0842. The van der Waals surface area contributed by atoms with Gasteiger partial charge in [0, 0.05) is 50.4 Å². The van der Waals surface area contributed by atoms with E-state index in [4.69, 9.17) is 15.2 Å². The van der Waals surface area contributed by atoms with Crippen LogP contribution in [0.15, 0.2) is 24.3 Å². The smallest absolute Gasteiger partial charge is 0.407 e. The van der Waals surface area contributed by atoms with Crippen molar-refractivity contribution in [3.63, 3.8) is 0 Å².